The summed E-state index contributed by atoms with van der Waals surface area (Å²) >= 11 is 1.98. The van der Waals surface area contributed by atoms with Crippen molar-refractivity contribution in [2.45, 2.75) is 19.8 Å². The second-order valence-electron chi connectivity index (χ2n) is 5.32. The van der Waals surface area contributed by atoms with Crippen molar-refractivity contribution in [3.05, 3.63) is 17.5 Å². The van der Waals surface area contributed by atoms with Crippen molar-refractivity contribution in [3.8, 4) is 0 Å². The molecule has 0 spiro atoms. The quantitative estimate of drug-likeness (QED) is 0.775. The van der Waals surface area contributed by atoms with Gasteiger partial charge in [0, 0.05) is 43.9 Å². The Morgan fingerprint density at radius 3 is 2.75 bits per heavy atom. The highest BCUT2D eigenvalue weighted by Gasteiger charge is 2.16. The molecule has 2 heterocycles. The van der Waals surface area contributed by atoms with Crippen LogP contribution in [-0.4, -0.2) is 58.4 Å². The van der Waals surface area contributed by atoms with E-state index in [1.165, 1.54) is 11.5 Å². The molecule has 1 fully saturated rings. The molecule has 0 bridgehead atoms. The Balaban J connectivity index is 1.81. The number of aromatic nitrogens is 2. The van der Waals surface area contributed by atoms with E-state index in [2.05, 4.69) is 23.8 Å². The van der Waals surface area contributed by atoms with Crippen LogP contribution in [0.3, 0.4) is 0 Å². The predicted octanol–water partition coefficient (Wildman–Crippen LogP) is 1.75. The summed E-state index contributed by atoms with van der Waals surface area (Å²) in [6.07, 6.45) is 0. The Hall–Kier alpha value is -1.01. The van der Waals surface area contributed by atoms with E-state index in [0.717, 1.165) is 25.3 Å². The Morgan fingerprint density at radius 1 is 1.45 bits per heavy atom. The van der Waals surface area contributed by atoms with Crippen LogP contribution in [0, 0.1) is 0 Å². The first-order valence-electron chi connectivity index (χ1n) is 7.09. The molecule has 1 aromatic heterocycles. The van der Waals surface area contributed by atoms with Gasteiger partial charge in [0.25, 0.3) is 0 Å². The van der Waals surface area contributed by atoms with Crippen molar-refractivity contribution in [2.75, 3.05) is 37.7 Å². The fraction of sp³-hybridized carbons (Fsp3) is 0.714. The molecule has 0 amide bonds. The van der Waals surface area contributed by atoms with Crippen molar-refractivity contribution in [3.63, 3.8) is 0 Å². The zero-order chi connectivity index (χ0) is 14.5. The fourth-order valence-electron chi connectivity index (χ4n) is 2.29. The molecule has 112 valence electrons. The molecule has 0 saturated carbocycles. The van der Waals surface area contributed by atoms with Crippen LogP contribution in [0.25, 0.3) is 0 Å². The van der Waals surface area contributed by atoms with E-state index in [9.17, 15) is 4.79 Å². The summed E-state index contributed by atoms with van der Waals surface area (Å²) in [6, 6.07) is 1.82. The number of ether oxygens (including phenoxy) is 1. The number of rotatable bonds is 5. The summed E-state index contributed by atoms with van der Waals surface area (Å²) in [7, 11) is 1.86. The molecule has 1 saturated heterocycles. The van der Waals surface area contributed by atoms with Crippen LogP contribution in [0.5, 0.6) is 0 Å². The monoisotopic (exact) mass is 297 g/mol. The summed E-state index contributed by atoms with van der Waals surface area (Å²) in [5.41, 5.74) is 1.45. The van der Waals surface area contributed by atoms with Crippen LogP contribution in [0.2, 0.25) is 0 Å². The van der Waals surface area contributed by atoms with Crippen molar-refractivity contribution in [1.82, 2.24) is 14.7 Å². The van der Waals surface area contributed by atoms with Crippen LogP contribution >= 0.6 is 11.8 Å². The summed E-state index contributed by atoms with van der Waals surface area (Å²) in [4.78, 5) is 14.3. The normalized spacial score (nSPS) is 16.6. The van der Waals surface area contributed by atoms with Crippen LogP contribution in [-0.2, 0) is 11.8 Å². The van der Waals surface area contributed by atoms with Gasteiger partial charge in [0.05, 0.1) is 0 Å². The fourth-order valence-corrected chi connectivity index (χ4v) is 3.27. The maximum absolute atomic E-state index is 12.0. The largest absolute Gasteiger partial charge is 0.460 e. The first-order valence-corrected chi connectivity index (χ1v) is 8.24. The Kier molecular flexibility index (Phi) is 5.48. The maximum atomic E-state index is 12.0. The van der Waals surface area contributed by atoms with Crippen LogP contribution in [0.1, 0.15) is 35.9 Å². The lowest BCUT2D eigenvalue weighted by Crippen LogP contribution is -2.35. The molecular formula is C14H23N3O2S. The number of thioether (sulfide) groups is 1. The van der Waals surface area contributed by atoms with E-state index in [0.29, 0.717) is 18.2 Å². The van der Waals surface area contributed by atoms with Gasteiger partial charge < -0.3 is 4.74 Å². The molecule has 1 aromatic rings. The average Bonchev–Trinajstić information content (AvgIpc) is 2.82. The standard InChI is InChI=1S/C14H23N3O2S/c1-11(2)13-10-12(15-16(13)3)14(18)19-7-4-17-5-8-20-9-6-17/h10-11H,4-9H2,1-3H3. The van der Waals surface area contributed by atoms with Crippen molar-refractivity contribution in [2.24, 2.45) is 7.05 Å². The summed E-state index contributed by atoms with van der Waals surface area (Å²) in [5.74, 6) is 2.37. The molecule has 20 heavy (non-hydrogen) atoms. The minimum absolute atomic E-state index is 0.320. The molecule has 2 rings (SSSR count). The summed E-state index contributed by atoms with van der Waals surface area (Å²) in [5, 5.41) is 4.22. The predicted molar refractivity (Wildman–Crippen MR) is 81.3 cm³/mol. The number of aryl methyl sites for hydroxylation is 1. The third-order valence-electron chi connectivity index (χ3n) is 3.46. The maximum Gasteiger partial charge on any atom is 0.358 e. The zero-order valence-corrected chi connectivity index (χ0v) is 13.3. The van der Waals surface area contributed by atoms with Gasteiger partial charge in [-0.1, -0.05) is 13.8 Å². The molecule has 6 heteroatoms. The van der Waals surface area contributed by atoms with Gasteiger partial charge in [0.1, 0.15) is 6.61 Å². The van der Waals surface area contributed by atoms with Crippen LogP contribution < -0.4 is 0 Å². The van der Waals surface area contributed by atoms with E-state index >= 15 is 0 Å². The minimum atomic E-state index is -0.320. The van der Waals surface area contributed by atoms with Gasteiger partial charge in [-0.15, -0.1) is 0 Å². The lowest BCUT2D eigenvalue weighted by atomic mass is 10.1. The van der Waals surface area contributed by atoms with E-state index in [1.54, 1.807) is 4.68 Å². The smallest absolute Gasteiger partial charge is 0.358 e. The van der Waals surface area contributed by atoms with Gasteiger partial charge in [-0.2, -0.15) is 16.9 Å². The van der Waals surface area contributed by atoms with Crippen LogP contribution in [0.4, 0.5) is 0 Å². The van der Waals surface area contributed by atoms with Gasteiger partial charge in [0.2, 0.25) is 0 Å². The molecule has 0 radical (unpaired) electrons. The van der Waals surface area contributed by atoms with E-state index in [-0.39, 0.29) is 5.97 Å². The second kappa shape index (κ2) is 7.13. The van der Waals surface area contributed by atoms with Gasteiger partial charge in [0.15, 0.2) is 5.69 Å². The average molecular weight is 297 g/mol. The molecule has 0 aromatic carbocycles. The van der Waals surface area contributed by atoms with Gasteiger partial charge in [-0.3, -0.25) is 9.58 Å². The SMILES string of the molecule is CC(C)c1cc(C(=O)OCCN2CCSCC2)nn1C. The first kappa shape index (κ1) is 15.4. The minimum Gasteiger partial charge on any atom is -0.460 e. The third kappa shape index (κ3) is 3.99. The van der Waals surface area contributed by atoms with Gasteiger partial charge in [-0.05, 0) is 12.0 Å². The number of carbonyl (C=O) groups is 1. The third-order valence-corrected chi connectivity index (χ3v) is 4.40. The second-order valence-corrected chi connectivity index (χ2v) is 6.55. The Bertz CT molecular complexity index is 453. The van der Waals surface area contributed by atoms with Crippen molar-refractivity contribution in [1.29, 1.82) is 0 Å². The lowest BCUT2D eigenvalue weighted by molar-refractivity contribution is 0.0458. The van der Waals surface area contributed by atoms with Gasteiger partial charge in [-0.25, -0.2) is 4.79 Å². The number of carbonyl (C=O) groups excluding carboxylic acids is 1. The number of hydrogen-bond donors (Lipinski definition) is 0. The highest BCUT2D eigenvalue weighted by molar-refractivity contribution is 7.99. The van der Waals surface area contributed by atoms with E-state index < -0.39 is 0 Å². The summed E-state index contributed by atoms with van der Waals surface area (Å²) in [6.45, 7) is 7.60. The number of nitrogens with zero attached hydrogens (tertiary/aromatic N) is 3. The lowest BCUT2D eigenvalue weighted by Gasteiger charge is -2.25. The number of hydrogen-bond acceptors (Lipinski definition) is 5. The number of esters is 1. The molecule has 0 aliphatic carbocycles. The Morgan fingerprint density at radius 2 is 2.15 bits per heavy atom. The first-order chi connectivity index (χ1) is 9.58. The summed E-state index contributed by atoms with van der Waals surface area (Å²) < 4.78 is 7.07. The van der Waals surface area contributed by atoms with E-state index in [4.69, 9.17) is 4.74 Å². The topological polar surface area (TPSA) is 47.4 Å². The van der Waals surface area contributed by atoms with Crippen molar-refractivity contribution >= 4 is 17.7 Å². The molecular weight excluding hydrogens is 274 g/mol. The van der Waals surface area contributed by atoms with Crippen molar-refractivity contribution < 1.29 is 9.53 Å². The Labute approximate surface area is 124 Å². The molecule has 0 atom stereocenters. The molecule has 1 aliphatic heterocycles. The molecule has 0 unspecified atom stereocenters. The molecule has 0 N–H and O–H groups in total. The highest BCUT2D eigenvalue weighted by Crippen LogP contribution is 2.15. The van der Waals surface area contributed by atoms with E-state index in [1.807, 2.05) is 24.9 Å². The van der Waals surface area contributed by atoms with Crippen LogP contribution in [0.15, 0.2) is 6.07 Å². The zero-order valence-electron chi connectivity index (χ0n) is 12.5. The van der Waals surface area contributed by atoms with Gasteiger partial charge >= 0.3 is 5.97 Å². The molecule has 5 nitrogen and oxygen atoms in total. The highest BCUT2D eigenvalue weighted by atomic mass is 32.2. The molecule has 1 aliphatic rings.